The van der Waals surface area contributed by atoms with Crippen LogP contribution in [-0.4, -0.2) is 20.2 Å². The first kappa shape index (κ1) is 14.2. The summed E-state index contributed by atoms with van der Waals surface area (Å²) in [5.74, 6) is 0. The Morgan fingerprint density at radius 2 is 1.32 bits per heavy atom. The highest BCUT2D eigenvalue weighted by atomic mass is 16.1. The Hall–Kier alpha value is -2.89. The number of pyridine rings is 2. The van der Waals surface area contributed by atoms with Crippen molar-refractivity contribution in [1.29, 1.82) is 0 Å². The summed E-state index contributed by atoms with van der Waals surface area (Å²) in [5.41, 5.74) is -0.106. The van der Waals surface area contributed by atoms with E-state index in [1.54, 1.807) is 49.1 Å². The van der Waals surface area contributed by atoms with Crippen LogP contribution >= 0.6 is 0 Å². The van der Waals surface area contributed by atoms with Gasteiger partial charge in [-0.15, -0.1) is 0 Å². The molecular formula is C13H14N4O2. The molecule has 3 rings (SSSR count). The fourth-order valence-corrected chi connectivity index (χ4v) is 0.969. The summed E-state index contributed by atoms with van der Waals surface area (Å²) in [7, 11) is 0. The van der Waals surface area contributed by atoms with E-state index < -0.39 is 0 Å². The monoisotopic (exact) mass is 258 g/mol. The maximum Gasteiger partial charge on any atom is 0.247 e. The van der Waals surface area contributed by atoms with Crippen molar-refractivity contribution in [2.75, 3.05) is 0 Å². The molecule has 3 N–H and O–H groups in total. The SMILES string of the molecule is O=c1cccc[nH]1.O=c1cccc[nH]1.c1cn[nH]c1. The van der Waals surface area contributed by atoms with E-state index in [1.807, 2.05) is 6.07 Å². The predicted octanol–water partition coefficient (Wildman–Crippen LogP) is 1.16. The maximum absolute atomic E-state index is 10.2. The summed E-state index contributed by atoms with van der Waals surface area (Å²) in [5, 5.41) is 6.21. The van der Waals surface area contributed by atoms with Gasteiger partial charge in [-0.25, -0.2) is 0 Å². The van der Waals surface area contributed by atoms with E-state index in [1.165, 1.54) is 12.1 Å². The molecule has 3 heterocycles. The average Bonchev–Trinajstić information content (AvgIpc) is 3.00. The van der Waals surface area contributed by atoms with Crippen LogP contribution in [0.5, 0.6) is 0 Å². The lowest BCUT2D eigenvalue weighted by Crippen LogP contribution is -1.98. The Morgan fingerprint density at radius 1 is 0.737 bits per heavy atom. The molecule has 3 aromatic rings. The van der Waals surface area contributed by atoms with Crippen LogP contribution in [0.2, 0.25) is 0 Å². The number of rotatable bonds is 0. The minimum Gasteiger partial charge on any atom is -0.329 e. The third-order valence-corrected chi connectivity index (χ3v) is 1.77. The van der Waals surface area contributed by atoms with Crippen LogP contribution in [0, 0.1) is 0 Å². The van der Waals surface area contributed by atoms with Crippen LogP contribution in [0.3, 0.4) is 0 Å². The number of H-pyrrole nitrogens is 3. The number of hydrogen-bond acceptors (Lipinski definition) is 3. The standard InChI is InChI=1S/2C5H5NO.C3H4N2/c2*7-5-3-1-2-4-6-5;1-2-4-5-3-1/h2*1-4H,(H,6,7);1-3H,(H,4,5). The first-order valence-electron chi connectivity index (χ1n) is 5.50. The fraction of sp³-hybridized carbons (Fsp3) is 0. The molecule has 0 spiro atoms. The Balaban J connectivity index is 0.000000145. The molecule has 0 aromatic carbocycles. The molecule has 0 saturated heterocycles. The first-order valence-corrected chi connectivity index (χ1v) is 5.50. The zero-order chi connectivity index (χ0) is 13.8. The van der Waals surface area contributed by atoms with Crippen molar-refractivity contribution in [2.45, 2.75) is 0 Å². The zero-order valence-electron chi connectivity index (χ0n) is 10.1. The highest BCUT2D eigenvalue weighted by Crippen LogP contribution is 1.67. The van der Waals surface area contributed by atoms with Gasteiger partial charge in [0, 0.05) is 36.9 Å². The summed E-state index contributed by atoms with van der Waals surface area (Å²) < 4.78 is 0. The summed E-state index contributed by atoms with van der Waals surface area (Å²) >= 11 is 0. The lowest BCUT2D eigenvalue weighted by atomic mass is 10.5. The van der Waals surface area contributed by atoms with Gasteiger partial charge < -0.3 is 9.97 Å². The van der Waals surface area contributed by atoms with Gasteiger partial charge in [-0.1, -0.05) is 12.1 Å². The molecule has 6 heteroatoms. The minimum atomic E-state index is -0.0532. The van der Waals surface area contributed by atoms with Gasteiger partial charge in [0.25, 0.3) is 0 Å². The Kier molecular flexibility index (Phi) is 6.84. The number of hydrogen-bond donors (Lipinski definition) is 3. The van der Waals surface area contributed by atoms with Gasteiger partial charge in [-0.2, -0.15) is 5.10 Å². The van der Waals surface area contributed by atoms with Crippen molar-refractivity contribution in [3.05, 3.63) is 88.0 Å². The maximum atomic E-state index is 10.2. The summed E-state index contributed by atoms with van der Waals surface area (Å²) in [6, 6.07) is 11.7. The van der Waals surface area contributed by atoms with E-state index in [0.717, 1.165) is 0 Å². The van der Waals surface area contributed by atoms with E-state index in [-0.39, 0.29) is 11.1 Å². The highest BCUT2D eigenvalue weighted by molar-refractivity contribution is 4.89. The molecular weight excluding hydrogens is 244 g/mol. The number of aromatic nitrogens is 4. The van der Waals surface area contributed by atoms with Gasteiger partial charge in [-0.05, 0) is 18.2 Å². The minimum absolute atomic E-state index is 0.0532. The zero-order valence-corrected chi connectivity index (χ0v) is 10.1. The summed E-state index contributed by atoms with van der Waals surface area (Å²) in [6.45, 7) is 0. The topological polar surface area (TPSA) is 94.4 Å². The van der Waals surface area contributed by atoms with Crippen LogP contribution in [0.25, 0.3) is 0 Å². The van der Waals surface area contributed by atoms with Crippen molar-refractivity contribution in [3.63, 3.8) is 0 Å². The van der Waals surface area contributed by atoms with Gasteiger partial charge in [-0.3, -0.25) is 14.7 Å². The molecule has 0 atom stereocenters. The lowest BCUT2D eigenvalue weighted by molar-refractivity contribution is 1.09. The van der Waals surface area contributed by atoms with Gasteiger partial charge in [0.15, 0.2) is 0 Å². The molecule has 6 nitrogen and oxygen atoms in total. The Labute approximate surface area is 109 Å². The number of nitrogens with zero attached hydrogens (tertiary/aromatic N) is 1. The molecule has 0 aliphatic heterocycles. The van der Waals surface area contributed by atoms with E-state index in [2.05, 4.69) is 20.2 Å². The molecule has 0 saturated carbocycles. The van der Waals surface area contributed by atoms with Crippen LogP contribution in [0.1, 0.15) is 0 Å². The number of aromatic amines is 3. The second-order valence-electron chi connectivity index (χ2n) is 3.22. The predicted molar refractivity (Wildman–Crippen MR) is 72.7 cm³/mol. The second kappa shape index (κ2) is 9.17. The quantitative estimate of drug-likeness (QED) is 0.564. The van der Waals surface area contributed by atoms with Crippen molar-refractivity contribution in [1.82, 2.24) is 20.2 Å². The summed E-state index contributed by atoms with van der Waals surface area (Å²) in [6.07, 6.45) is 6.66. The van der Waals surface area contributed by atoms with E-state index in [9.17, 15) is 9.59 Å². The van der Waals surface area contributed by atoms with Crippen molar-refractivity contribution < 1.29 is 0 Å². The fourth-order valence-electron chi connectivity index (χ4n) is 0.969. The molecule has 3 aromatic heterocycles. The third kappa shape index (κ3) is 7.92. The van der Waals surface area contributed by atoms with Crippen LogP contribution in [0.15, 0.2) is 76.8 Å². The third-order valence-electron chi connectivity index (χ3n) is 1.77. The van der Waals surface area contributed by atoms with E-state index >= 15 is 0 Å². The first-order chi connectivity index (χ1) is 9.29. The molecule has 0 amide bonds. The molecule has 0 unspecified atom stereocenters. The largest absolute Gasteiger partial charge is 0.329 e. The Morgan fingerprint density at radius 3 is 1.47 bits per heavy atom. The molecule has 0 bridgehead atoms. The molecule has 0 fully saturated rings. The lowest BCUT2D eigenvalue weighted by Gasteiger charge is -1.73. The normalized spacial score (nSPS) is 8.42. The van der Waals surface area contributed by atoms with E-state index in [4.69, 9.17) is 0 Å². The highest BCUT2D eigenvalue weighted by Gasteiger charge is 1.70. The van der Waals surface area contributed by atoms with E-state index in [0.29, 0.717) is 0 Å². The average molecular weight is 258 g/mol. The molecule has 0 aliphatic carbocycles. The summed E-state index contributed by atoms with van der Waals surface area (Å²) in [4.78, 5) is 25.4. The molecule has 19 heavy (non-hydrogen) atoms. The van der Waals surface area contributed by atoms with Crippen molar-refractivity contribution >= 4 is 0 Å². The van der Waals surface area contributed by atoms with Crippen LogP contribution < -0.4 is 11.1 Å². The van der Waals surface area contributed by atoms with Crippen LogP contribution in [0.4, 0.5) is 0 Å². The van der Waals surface area contributed by atoms with Gasteiger partial charge in [0.1, 0.15) is 0 Å². The van der Waals surface area contributed by atoms with Gasteiger partial charge in [0.05, 0.1) is 0 Å². The number of nitrogens with one attached hydrogen (secondary N) is 3. The van der Waals surface area contributed by atoms with Gasteiger partial charge >= 0.3 is 0 Å². The Bertz CT molecular complexity index is 546. The second-order valence-corrected chi connectivity index (χ2v) is 3.22. The molecule has 0 aliphatic rings. The molecule has 0 radical (unpaired) electrons. The van der Waals surface area contributed by atoms with Crippen molar-refractivity contribution in [2.24, 2.45) is 0 Å². The smallest absolute Gasteiger partial charge is 0.247 e. The van der Waals surface area contributed by atoms with Crippen LogP contribution in [-0.2, 0) is 0 Å². The van der Waals surface area contributed by atoms with Crippen molar-refractivity contribution in [3.8, 4) is 0 Å². The molecule has 98 valence electrons. The van der Waals surface area contributed by atoms with Gasteiger partial charge in [0.2, 0.25) is 11.1 Å².